The summed E-state index contributed by atoms with van der Waals surface area (Å²) < 4.78 is 5.09. The lowest BCUT2D eigenvalue weighted by Gasteiger charge is -2.01. The Morgan fingerprint density at radius 3 is 2.65 bits per heavy atom. The Morgan fingerprint density at radius 1 is 1.41 bits per heavy atom. The van der Waals surface area contributed by atoms with Gasteiger partial charge in [0.2, 0.25) is 0 Å². The largest absolute Gasteiger partial charge is 0.497 e. The summed E-state index contributed by atoms with van der Waals surface area (Å²) in [4.78, 5) is 4.95. The number of nitrogens with zero attached hydrogens (tertiary/aromatic N) is 2. The highest BCUT2D eigenvalue weighted by Crippen LogP contribution is 2.28. The highest BCUT2D eigenvalue weighted by molar-refractivity contribution is 7.12. The van der Waals surface area contributed by atoms with Crippen LogP contribution in [0.1, 0.15) is 9.88 Å². The van der Waals surface area contributed by atoms with E-state index in [-0.39, 0.29) is 0 Å². The van der Waals surface area contributed by atoms with Crippen molar-refractivity contribution in [3.8, 4) is 23.1 Å². The van der Waals surface area contributed by atoms with Crippen LogP contribution in [0.2, 0.25) is 0 Å². The number of methoxy groups -OCH3 is 1. The maximum Gasteiger partial charge on any atom is 0.132 e. The van der Waals surface area contributed by atoms with Crippen molar-refractivity contribution in [2.75, 3.05) is 7.11 Å². The van der Waals surface area contributed by atoms with Crippen LogP contribution in [0.5, 0.6) is 5.75 Å². The van der Waals surface area contributed by atoms with Gasteiger partial charge in [-0.2, -0.15) is 5.26 Å². The van der Waals surface area contributed by atoms with Crippen LogP contribution in [0.3, 0.4) is 0 Å². The first-order valence-corrected chi connectivity index (χ1v) is 5.84. The molecule has 86 valence electrons. The van der Waals surface area contributed by atoms with Crippen LogP contribution >= 0.6 is 11.3 Å². The van der Waals surface area contributed by atoms with Crippen molar-refractivity contribution in [1.82, 2.24) is 4.98 Å². The maximum absolute atomic E-state index is 9.04. The lowest BCUT2D eigenvalue weighted by molar-refractivity contribution is 0.415. The molecule has 5 heteroatoms. The molecule has 17 heavy (non-hydrogen) atoms. The second kappa shape index (κ2) is 4.95. The Bertz CT molecular complexity index is 554. The number of hydrogen-bond acceptors (Lipinski definition) is 5. The number of hydrogen-bond donors (Lipinski definition) is 1. The molecule has 2 aromatic rings. The quantitative estimate of drug-likeness (QED) is 0.899. The fraction of sp³-hybridized carbons (Fsp3) is 0.167. The van der Waals surface area contributed by atoms with Crippen molar-refractivity contribution < 1.29 is 4.74 Å². The van der Waals surface area contributed by atoms with E-state index in [4.69, 9.17) is 15.7 Å². The molecule has 4 nitrogen and oxygen atoms in total. The van der Waals surface area contributed by atoms with Crippen LogP contribution in [0.15, 0.2) is 24.3 Å². The summed E-state index contributed by atoms with van der Waals surface area (Å²) in [5.74, 6) is 0.779. The average molecular weight is 245 g/mol. The number of nitriles is 1. The fourth-order valence-electron chi connectivity index (χ4n) is 1.47. The number of benzene rings is 1. The van der Waals surface area contributed by atoms with Gasteiger partial charge in [0.25, 0.3) is 0 Å². The highest BCUT2D eigenvalue weighted by Gasteiger charge is 2.11. The van der Waals surface area contributed by atoms with E-state index in [1.54, 1.807) is 7.11 Å². The topological polar surface area (TPSA) is 71.9 Å². The van der Waals surface area contributed by atoms with Gasteiger partial charge >= 0.3 is 0 Å². The van der Waals surface area contributed by atoms with Gasteiger partial charge in [-0.3, -0.25) is 0 Å². The summed E-state index contributed by atoms with van der Waals surface area (Å²) in [5.41, 5.74) is 7.13. The van der Waals surface area contributed by atoms with Gasteiger partial charge in [0.1, 0.15) is 21.7 Å². The van der Waals surface area contributed by atoms with Gasteiger partial charge in [-0.1, -0.05) is 0 Å². The van der Waals surface area contributed by atoms with E-state index in [2.05, 4.69) is 11.1 Å². The Labute approximate surface area is 103 Å². The molecule has 0 aliphatic carbocycles. The second-order valence-electron chi connectivity index (χ2n) is 3.33. The van der Waals surface area contributed by atoms with E-state index < -0.39 is 0 Å². The summed E-state index contributed by atoms with van der Waals surface area (Å²) >= 11 is 1.34. The van der Waals surface area contributed by atoms with E-state index >= 15 is 0 Å². The molecular formula is C12H11N3OS. The molecule has 0 bridgehead atoms. The Hall–Kier alpha value is -1.90. The van der Waals surface area contributed by atoms with Gasteiger partial charge in [0.05, 0.1) is 12.8 Å². The zero-order valence-corrected chi connectivity index (χ0v) is 10.1. The van der Waals surface area contributed by atoms with Crippen LogP contribution in [0.25, 0.3) is 11.3 Å². The van der Waals surface area contributed by atoms with Gasteiger partial charge in [-0.25, -0.2) is 4.98 Å². The number of ether oxygens (including phenoxy) is 1. The van der Waals surface area contributed by atoms with E-state index in [0.717, 1.165) is 16.3 Å². The predicted octanol–water partition coefficient (Wildman–Crippen LogP) is 2.15. The molecule has 0 amide bonds. The summed E-state index contributed by atoms with van der Waals surface area (Å²) in [5, 5.41) is 9.81. The SMILES string of the molecule is COc1ccc(-c2nc(CN)sc2C#N)cc1. The molecule has 0 saturated carbocycles. The molecule has 1 heterocycles. The Morgan fingerprint density at radius 2 is 2.12 bits per heavy atom. The van der Waals surface area contributed by atoms with Gasteiger partial charge in [-0.05, 0) is 24.3 Å². The minimum absolute atomic E-state index is 0.357. The first kappa shape index (κ1) is 11.6. The number of thiazole rings is 1. The normalized spacial score (nSPS) is 9.94. The molecule has 0 saturated heterocycles. The molecule has 1 aromatic heterocycles. The molecule has 2 rings (SSSR count). The van der Waals surface area contributed by atoms with Crippen molar-refractivity contribution in [2.45, 2.75) is 6.54 Å². The van der Waals surface area contributed by atoms with Gasteiger partial charge < -0.3 is 10.5 Å². The summed E-state index contributed by atoms with van der Waals surface area (Å²) in [6.45, 7) is 0.357. The number of rotatable bonds is 3. The molecule has 0 atom stereocenters. The van der Waals surface area contributed by atoms with E-state index in [1.165, 1.54) is 11.3 Å². The lowest BCUT2D eigenvalue weighted by Crippen LogP contribution is -1.94. The molecule has 1 aromatic carbocycles. The first-order valence-electron chi connectivity index (χ1n) is 5.02. The monoisotopic (exact) mass is 245 g/mol. The molecule has 0 radical (unpaired) electrons. The lowest BCUT2D eigenvalue weighted by atomic mass is 10.1. The number of aromatic nitrogens is 1. The fourth-order valence-corrected chi connectivity index (χ4v) is 2.23. The van der Waals surface area contributed by atoms with Crippen molar-refractivity contribution in [3.05, 3.63) is 34.2 Å². The molecule has 0 aliphatic heterocycles. The molecule has 2 N–H and O–H groups in total. The van der Waals surface area contributed by atoms with Crippen LogP contribution in [0.4, 0.5) is 0 Å². The number of nitrogens with two attached hydrogens (primary N) is 1. The van der Waals surface area contributed by atoms with Crippen LogP contribution in [-0.2, 0) is 6.54 Å². The second-order valence-corrected chi connectivity index (χ2v) is 4.41. The maximum atomic E-state index is 9.04. The third-order valence-corrected chi connectivity index (χ3v) is 3.29. The van der Waals surface area contributed by atoms with Crippen LogP contribution in [0, 0.1) is 11.3 Å². The van der Waals surface area contributed by atoms with Crippen LogP contribution < -0.4 is 10.5 Å². The molecule has 0 aliphatic rings. The standard InChI is InChI=1S/C12H11N3OS/c1-16-9-4-2-8(3-5-9)12-10(6-13)17-11(7-14)15-12/h2-5H,7,14H2,1H3. The van der Waals surface area contributed by atoms with Gasteiger partial charge in [-0.15, -0.1) is 11.3 Å². The molecular weight excluding hydrogens is 234 g/mol. The zero-order chi connectivity index (χ0) is 12.3. The Balaban J connectivity index is 2.44. The first-order chi connectivity index (χ1) is 8.28. The van der Waals surface area contributed by atoms with Crippen molar-refractivity contribution in [2.24, 2.45) is 5.73 Å². The van der Waals surface area contributed by atoms with Crippen molar-refractivity contribution in [3.63, 3.8) is 0 Å². The highest BCUT2D eigenvalue weighted by atomic mass is 32.1. The summed E-state index contributed by atoms with van der Waals surface area (Å²) in [6, 6.07) is 9.60. The van der Waals surface area contributed by atoms with E-state index in [0.29, 0.717) is 17.1 Å². The summed E-state index contributed by atoms with van der Waals surface area (Å²) in [6.07, 6.45) is 0. The predicted molar refractivity (Wildman–Crippen MR) is 66.7 cm³/mol. The minimum Gasteiger partial charge on any atom is -0.497 e. The smallest absolute Gasteiger partial charge is 0.132 e. The summed E-state index contributed by atoms with van der Waals surface area (Å²) in [7, 11) is 1.62. The molecule has 0 unspecified atom stereocenters. The third-order valence-electron chi connectivity index (χ3n) is 2.31. The third kappa shape index (κ3) is 2.28. The molecule has 0 spiro atoms. The van der Waals surface area contributed by atoms with Gasteiger partial charge in [0.15, 0.2) is 0 Å². The minimum atomic E-state index is 0.357. The Kier molecular flexibility index (Phi) is 3.38. The van der Waals surface area contributed by atoms with Crippen molar-refractivity contribution >= 4 is 11.3 Å². The van der Waals surface area contributed by atoms with Gasteiger partial charge in [0, 0.05) is 12.1 Å². The molecule has 0 fully saturated rings. The van der Waals surface area contributed by atoms with E-state index in [1.807, 2.05) is 24.3 Å². The van der Waals surface area contributed by atoms with E-state index in [9.17, 15) is 0 Å². The van der Waals surface area contributed by atoms with Crippen molar-refractivity contribution in [1.29, 1.82) is 5.26 Å². The van der Waals surface area contributed by atoms with Crippen LogP contribution in [-0.4, -0.2) is 12.1 Å². The zero-order valence-electron chi connectivity index (χ0n) is 9.30. The average Bonchev–Trinajstić information content (AvgIpc) is 2.82.